The molecule has 25 heavy (non-hydrogen) atoms. The van der Waals surface area contributed by atoms with Crippen LogP contribution in [0.4, 0.5) is 13.2 Å². The molecule has 6 nitrogen and oxygen atoms in total. The molecule has 0 bridgehead atoms. The van der Waals surface area contributed by atoms with Crippen LogP contribution in [0.25, 0.3) is 0 Å². The largest absolute Gasteiger partial charge is 0.484 e. The van der Waals surface area contributed by atoms with Crippen LogP contribution in [0, 0.1) is 0 Å². The lowest BCUT2D eigenvalue weighted by Crippen LogP contribution is -2.39. The van der Waals surface area contributed by atoms with E-state index in [2.05, 4.69) is 15.6 Å². The second-order valence-corrected chi connectivity index (χ2v) is 4.94. The Hall–Kier alpha value is -1.72. The molecule has 0 radical (unpaired) electrons. The molecule has 0 aromatic heterocycles. The molecule has 142 valence electrons. The number of nitrogens with two attached hydrogens (primary N) is 1. The maximum absolute atomic E-state index is 12.1. The molecule has 1 amide bonds. The highest BCUT2D eigenvalue weighted by molar-refractivity contribution is 14.0. The number of rotatable bonds is 8. The van der Waals surface area contributed by atoms with Crippen LogP contribution in [-0.2, 0) is 11.2 Å². The number of ether oxygens (including phenoxy) is 1. The highest BCUT2D eigenvalue weighted by Crippen LogP contribution is 2.18. The third-order valence-electron chi connectivity index (χ3n) is 2.94. The molecule has 0 aliphatic carbocycles. The van der Waals surface area contributed by atoms with Gasteiger partial charge in [0.15, 0.2) is 12.6 Å². The van der Waals surface area contributed by atoms with Crippen LogP contribution in [0.3, 0.4) is 0 Å². The molecule has 0 saturated carbocycles. The number of nitrogens with one attached hydrogen (secondary N) is 2. The van der Waals surface area contributed by atoms with Gasteiger partial charge >= 0.3 is 6.18 Å². The van der Waals surface area contributed by atoms with Gasteiger partial charge in [-0.15, -0.1) is 24.0 Å². The van der Waals surface area contributed by atoms with Crippen LogP contribution >= 0.6 is 24.0 Å². The van der Waals surface area contributed by atoms with Gasteiger partial charge in [0.1, 0.15) is 5.75 Å². The van der Waals surface area contributed by atoms with E-state index in [0.29, 0.717) is 24.7 Å². The van der Waals surface area contributed by atoms with Crippen molar-refractivity contribution in [3.63, 3.8) is 0 Å². The van der Waals surface area contributed by atoms with Gasteiger partial charge in [-0.3, -0.25) is 9.79 Å². The first kappa shape index (κ1) is 23.3. The Bertz CT molecular complexity index is 551. The number of nitrogens with zero attached hydrogens (tertiary/aromatic N) is 1. The molecule has 0 atom stereocenters. The summed E-state index contributed by atoms with van der Waals surface area (Å²) >= 11 is 0. The van der Waals surface area contributed by atoms with Gasteiger partial charge in [-0.25, -0.2) is 0 Å². The lowest BCUT2D eigenvalue weighted by Gasteiger charge is -2.13. The Morgan fingerprint density at radius 2 is 1.80 bits per heavy atom. The van der Waals surface area contributed by atoms with Crippen LogP contribution in [0.1, 0.15) is 12.0 Å². The first-order valence-electron chi connectivity index (χ1n) is 7.31. The number of benzene rings is 1. The molecule has 0 unspecified atom stereocenters. The number of guanidine groups is 1. The second kappa shape index (κ2) is 11.8. The van der Waals surface area contributed by atoms with Crippen LogP contribution < -0.4 is 21.1 Å². The molecule has 1 aromatic carbocycles. The maximum atomic E-state index is 12.1. The summed E-state index contributed by atoms with van der Waals surface area (Å²) in [6, 6.07) is 7.10. The van der Waals surface area contributed by atoms with E-state index in [9.17, 15) is 18.0 Å². The van der Waals surface area contributed by atoms with Crippen molar-refractivity contribution in [1.29, 1.82) is 0 Å². The smallest absolute Gasteiger partial charge is 0.390 e. The summed E-state index contributed by atoms with van der Waals surface area (Å²) in [5.41, 5.74) is 5.98. The normalized spacial score (nSPS) is 11.4. The van der Waals surface area contributed by atoms with Crippen molar-refractivity contribution in [3.05, 3.63) is 29.8 Å². The Kier molecular flexibility index (Phi) is 11.0. The molecule has 0 heterocycles. The van der Waals surface area contributed by atoms with Gasteiger partial charge < -0.3 is 21.1 Å². The van der Waals surface area contributed by atoms with Gasteiger partial charge in [-0.05, 0) is 24.1 Å². The Labute approximate surface area is 161 Å². The van der Waals surface area contributed by atoms with E-state index >= 15 is 0 Å². The number of aliphatic imine (C=N–C) groups is 1. The minimum Gasteiger partial charge on any atom is -0.484 e. The predicted molar refractivity (Wildman–Crippen MR) is 100 cm³/mol. The molecule has 1 aromatic rings. The van der Waals surface area contributed by atoms with Crippen LogP contribution in [0.2, 0.25) is 0 Å². The van der Waals surface area contributed by atoms with Crippen molar-refractivity contribution in [3.8, 4) is 5.75 Å². The zero-order valence-electron chi connectivity index (χ0n) is 13.7. The molecule has 0 fully saturated rings. The van der Waals surface area contributed by atoms with E-state index in [1.165, 1.54) is 7.05 Å². The molecular formula is C15H22F3IN4O2. The highest BCUT2D eigenvalue weighted by Gasteiger charge is 2.26. The third-order valence-corrected chi connectivity index (χ3v) is 2.94. The summed E-state index contributed by atoms with van der Waals surface area (Å²) in [6.07, 6.45) is -4.46. The van der Waals surface area contributed by atoms with E-state index in [1.807, 2.05) is 12.1 Å². The quantitative estimate of drug-likeness (QED) is 0.305. The van der Waals surface area contributed by atoms with Gasteiger partial charge in [0, 0.05) is 20.1 Å². The number of hydrogen-bond acceptors (Lipinski definition) is 3. The average molecular weight is 474 g/mol. The summed E-state index contributed by atoms with van der Waals surface area (Å²) < 4.78 is 41.4. The van der Waals surface area contributed by atoms with E-state index in [0.717, 1.165) is 5.56 Å². The average Bonchev–Trinajstić information content (AvgIpc) is 2.51. The van der Waals surface area contributed by atoms with Gasteiger partial charge in [0.2, 0.25) is 0 Å². The summed E-state index contributed by atoms with van der Waals surface area (Å²) in [5, 5.41) is 5.54. The van der Waals surface area contributed by atoms with Crippen molar-refractivity contribution in [2.24, 2.45) is 10.7 Å². The molecular weight excluding hydrogens is 452 g/mol. The van der Waals surface area contributed by atoms with Crippen molar-refractivity contribution >= 4 is 35.8 Å². The number of carbonyl (C=O) groups excluding carboxylic acids is 1. The van der Waals surface area contributed by atoms with Crippen LogP contribution in [-0.4, -0.2) is 44.8 Å². The lowest BCUT2D eigenvalue weighted by atomic mass is 10.1. The first-order chi connectivity index (χ1) is 11.3. The molecule has 4 N–H and O–H groups in total. The number of carbonyl (C=O) groups is 1. The summed E-state index contributed by atoms with van der Waals surface area (Å²) in [4.78, 5) is 14.5. The second-order valence-electron chi connectivity index (χ2n) is 4.94. The summed E-state index contributed by atoms with van der Waals surface area (Å²) in [6.45, 7) is 0.100. The van der Waals surface area contributed by atoms with Crippen molar-refractivity contribution in [1.82, 2.24) is 10.6 Å². The predicted octanol–water partition coefficient (Wildman–Crippen LogP) is 1.83. The number of hydrogen-bond donors (Lipinski definition) is 3. The van der Waals surface area contributed by atoms with E-state index in [4.69, 9.17) is 10.5 Å². The van der Waals surface area contributed by atoms with Gasteiger partial charge in [-0.2, -0.15) is 13.2 Å². The van der Waals surface area contributed by atoms with Gasteiger partial charge in [-0.1, -0.05) is 12.1 Å². The number of primary amides is 1. The van der Waals surface area contributed by atoms with Crippen molar-refractivity contribution < 1.29 is 22.7 Å². The fourth-order valence-corrected chi connectivity index (χ4v) is 1.78. The number of amides is 1. The Morgan fingerprint density at radius 3 is 2.32 bits per heavy atom. The van der Waals surface area contributed by atoms with E-state index in [1.54, 1.807) is 12.1 Å². The molecule has 0 saturated heterocycles. The van der Waals surface area contributed by atoms with E-state index in [-0.39, 0.29) is 37.1 Å². The number of alkyl halides is 3. The summed E-state index contributed by atoms with van der Waals surface area (Å²) in [5.74, 6) is 0.309. The minimum atomic E-state index is -4.19. The summed E-state index contributed by atoms with van der Waals surface area (Å²) in [7, 11) is 1.49. The van der Waals surface area contributed by atoms with E-state index < -0.39 is 18.5 Å². The molecule has 0 spiro atoms. The fraction of sp³-hybridized carbons (Fsp3) is 0.467. The molecule has 1 rings (SSSR count). The minimum absolute atomic E-state index is 0. The zero-order chi connectivity index (χ0) is 18.0. The van der Waals surface area contributed by atoms with Gasteiger partial charge in [0.05, 0.1) is 6.42 Å². The first-order valence-corrected chi connectivity index (χ1v) is 7.31. The molecule has 0 aliphatic rings. The van der Waals surface area contributed by atoms with Crippen LogP contribution in [0.5, 0.6) is 5.75 Å². The van der Waals surface area contributed by atoms with Crippen molar-refractivity contribution in [2.75, 3.05) is 26.7 Å². The Balaban J connectivity index is 0.00000576. The highest BCUT2D eigenvalue weighted by atomic mass is 127. The number of halogens is 4. The van der Waals surface area contributed by atoms with Gasteiger partial charge in [0.25, 0.3) is 5.91 Å². The fourth-order valence-electron chi connectivity index (χ4n) is 1.78. The Morgan fingerprint density at radius 1 is 1.20 bits per heavy atom. The zero-order valence-corrected chi connectivity index (χ0v) is 16.1. The molecule has 10 heteroatoms. The standard InChI is InChI=1S/C15H21F3N4O2.HI/c1-20-14(22-9-7-15(16,17)18)21-8-6-11-2-4-12(5-3-11)24-10-13(19)23;/h2-5H,6-10H2,1H3,(H2,19,23)(H2,20,21,22);1H. The van der Waals surface area contributed by atoms with Crippen molar-refractivity contribution in [2.45, 2.75) is 19.0 Å². The van der Waals surface area contributed by atoms with Crippen LogP contribution in [0.15, 0.2) is 29.3 Å². The lowest BCUT2D eigenvalue weighted by molar-refractivity contribution is -0.132. The topological polar surface area (TPSA) is 88.7 Å². The maximum Gasteiger partial charge on any atom is 0.390 e. The monoisotopic (exact) mass is 474 g/mol. The SMILES string of the molecule is CN=C(NCCc1ccc(OCC(N)=O)cc1)NCCC(F)(F)F.I. The molecule has 0 aliphatic heterocycles. The third kappa shape index (κ3) is 11.5.